The van der Waals surface area contributed by atoms with Crippen molar-refractivity contribution in [2.45, 2.75) is 32.4 Å². The number of hydrogen-bond donors (Lipinski definition) is 2. The lowest BCUT2D eigenvalue weighted by molar-refractivity contribution is -0.149. The molecule has 0 aliphatic carbocycles. The van der Waals surface area contributed by atoms with Gasteiger partial charge in [-0.15, -0.1) is 0 Å². The van der Waals surface area contributed by atoms with Crippen LogP contribution < -0.4 is 10.6 Å². The molecule has 1 aliphatic heterocycles. The van der Waals surface area contributed by atoms with Gasteiger partial charge in [-0.1, -0.05) is 18.2 Å². The van der Waals surface area contributed by atoms with Crippen LogP contribution in [0.25, 0.3) is 21.8 Å². The molecule has 2 heterocycles. The molecule has 4 rings (SSSR count). The zero-order valence-electron chi connectivity index (χ0n) is 15.5. The van der Waals surface area contributed by atoms with Crippen LogP contribution in [0.15, 0.2) is 42.5 Å². The monoisotopic (exact) mass is 379 g/mol. The molecule has 2 N–H and O–H groups in total. The number of para-hydroxylation sites is 1. The van der Waals surface area contributed by atoms with E-state index < -0.39 is 17.9 Å². The number of amides is 2. The summed E-state index contributed by atoms with van der Waals surface area (Å²) in [5.74, 6) is -1.18. The summed E-state index contributed by atoms with van der Waals surface area (Å²) in [6.07, 6.45) is 0.703. The van der Waals surface area contributed by atoms with Gasteiger partial charge in [0, 0.05) is 40.5 Å². The Labute approximate surface area is 161 Å². The normalized spacial score (nSPS) is 16.3. The van der Waals surface area contributed by atoms with E-state index in [-0.39, 0.29) is 12.5 Å². The van der Waals surface area contributed by atoms with Crippen LogP contribution in [0.4, 0.5) is 5.69 Å². The van der Waals surface area contributed by atoms with E-state index in [4.69, 9.17) is 4.74 Å². The standard InChI is InChI=1S/C21H21N3O4/c1-2-24-17-6-4-3-5-14(17)15-11-13(7-9-18(15)24)22-20(26)12-28-21(27)16-8-10-19(25)23-16/h3-7,9,11,16H,2,8,10,12H2,1H3,(H,22,26)(H,23,25)/t16-/m0/s1. The number of benzene rings is 2. The van der Waals surface area contributed by atoms with Crippen LogP contribution in [0.1, 0.15) is 19.8 Å². The lowest BCUT2D eigenvalue weighted by Crippen LogP contribution is -2.36. The molecule has 7 heteroatoms. The molecule has 0 saturated carbocycles. The van der Waals surface area contributed by atoms with Crippen LogP contribution in [0.3, 0.4) is 0 Å². The number of ether oxygens (including phenoxy) is 1. The van der Waals surface area contributed by atoms with E-state index >= 15 is 0 Å². The van der Waals surface area contributed by atoms with E-state index in [9.17, 15) is 14.4 Å². The molecule has 1 atom stereocenters. The van der Waals surface area contributed by atoms with Crippen molar-refractivity contribution in [2.75, 3.05) is 11.9 Å². The third kappa shape index (κ3) is 3.31. The quantitative estimate of drug-likeness (QED) is 0.667. The average Bonchev–Trinajstić information content (AvgIpc) is 3.27. The van der Waals surface area contributed by atoms with Gasteiger partial charge in [0.25, 0.3) is 5.91 Å². The van der Waals surface area contributed by atoms with Gasteiger partial charge in [-0.05, 0) is 37.6 Å². The van der Waals surface area contributed by atoms with Crippen molar-refractivity contribution in [3.63, 3.8) is 0 Å². The van der Waals surface area contributed by atoms with Crippen LogP contribution in [-0.4, -0.2) is 35.0 Å². The third-order valence-corrected chi connectivity index (χ3v) is 5.00. The number of carbonyl (C=O) groups excluding carboxylic acids is 3. The maximum Gasteiger partial charge on any atom is 0.329 e. The Hall–Kier alpha value is -3.35. The first kappa shape index (κ1) is 18.0. The minimum absolute atomic E-state index is 0.175. The summed E-state index contributed by atoms with van der Waals surface area (Å²) in [7, 11) is 0. The van der Waals surface area contributed by atoms with Crippen molar-refractivity contribution in [1.29, 1.82) is 0 Å². The molecule has 144 valence electrons. The summed E-state index contributed by atoms with van der Waals surface area (Å²) in [5, 5.41) is 7.47. The predicted molar refractivity (Wildman–Crippen MR) is 106 cm³/mol. The third-order valence-electron chi connectivity index (χ3n) is 5.00. The SMILES string of the molecule is CCn1c2ccccc2c2cc(NC(=O)COC(=O)[C@@H]3CCC(=O)N3)ccc21. The van der Waals surface area contributed by atoms with Crippen LogP contribution in [0.2, 0.25) is 0 Å². The first-order valence-electron chi connectivity index (χ1n) is 9.33. The number of nitrogens with one attached hydrogen (secondary N) is 2. The van der Waals surface area contributed by atoms with Gasteiger partial charge < -0.3 is 19.9 Å². The number of fused-ring (bicyclic) bond motifs is 3. The van der Waals surface area contributed by atoms with E-state index in [1.807, 2.05) is 30.3 Å². The van der Waals surface area contributed by atoms with Crippen LogP contribution in [-0.2, 0) is 25.7 Å². The van der Waals surface area contributed by atoms with Crippen LogP contribution in [0, 0.1) is 0 Å². The number of anilines is 1. The van der Waals surface area contributed by atoms with Crippen LogP contribution in [0.5, 0.6) is 0 Å². The van der Waals surface area contributed by atoms with Gasteiger partial charge in [0.05, 0.1) is 0 Å². The summed E-state index contributed by atoms with van der Waals surface area (Å²) < 4.78 is 7.25. The summed E-state index contributed by atoms with van der Waals surface area (Å²) >= 11 is 0. The molecular weight excluding hydrogens is 358 g/mol. The molecule has 1 saturated heterocycles. The van der Waals surface area contributed by atoms with Crippen molar-refractivity contribution < 1.29 is 19.1 Å². The van der Waals surface area contributed by atoms with E-state index in [2.05, 4.69) is 34.3 Å². The Morgan fingerprint density at radius 1 is 1.18 bits per heavy atom. The fourth-order valence-electron chi connectivity index (χ4n) is 3.70. The predicted octanol–water partition coefficient (Wildman–Crippen LogP) is 2.57. The largest absolute Gasteiger partial charge is 0.454 e. The Kier molecular flexibility index (Phi) is 4.73. The molecule has 1 aliphatic rings. The molecule has 28 heavy (non-hydrogen) atoms. The topological polar surface area (TPSA) is 89.4 Å². The first-order valence-corrected chi connectivity index (χ1v) is 9.33. The highest BCUT2D eigenvalue weighted by Gasteiger charge is 2.28. The van der Waals surface area contributed by atoms with E-state index in [1.165, 1.54) is 0 Å². The molecule has 0 bridgehead atoms. The minimum atomic E-state index is -0.656. The number of aromatic nitrogens is 1. The van der Waals surface area contributed by atoms with Gasteiger partial charge >= 0.3 is 5.97 Å². The molecule has 7 nitrogen and oxygen atoms in total. The molecule has 0 unspecified atom stereocenters. The van der Waals surface area contributed by atoms with Gasteiger partial charge in [-0.3, -0.25) is 9.59 Å². The summed E-state index contributed by atoms with van der Waals surface area (Å²) in [6, 6.07) is 13.2. The number of rotatable bonds is 5. The highest BCUT2D eigenvalue weighted by molar-refractivity contribution is 6.09. The Morgan fingerprint density at radius 2 is 1.96 bits per heavy atom. The van der Waals surface area contributed by atoms with Crippen LogP contribution >= 0.6 is 0 Å². The Bertz CT molecular complexity index is 1090. The molecular formula is C21H21N3O4. The van der Waals surface area contributed by atoms with Gasteiger partial charge in [-0.2, -0.15) is 0 Å². The number of esters is 1. The number of aryl methyl sites for hydroxylation is 1. The lowest BCUT2D eigenvalue weighted by Gasteiger charge is -2.10. The van der Waals surface area contributed by atoms with Crippen molar-refractivity contribution in [3.8, 4) is 0 Å². The molecule has 3 aromatic rings. The molecule has 1 aromatic heterocycles. The Morgan fingerprint density at radius 3 is 2.71 bits per heavy atom. The average molecular weight is 379 g/mol. The van der Waals surface area contributed by atoms with Gasteiger partial charge in [-0.25, -0.2) is 4.79 Å². The Balaban J connectivity index is 1.47. The fraction of sp³-hybridized carbons (Fsp3) is 0.286. The maximum atomic E-state index is 12.2. The lowest BCUT2D eigenvalue weighted by atomic mass is 10.1. The molecule has 0 spiro atoms. The molecule has 2 amide bonds. The highest BCUT2D eigenvalue weighted by Crippen LogP contribution is 2.30. The molecule has 2 aromatic carbocycles. The maximum absolute atomic E-state index is 12.2. The number of hydrogen-bond acceptors (Lipinski definition) is 4. The smallest absolute Gasteiger partial charge is 0.329 e. The van der Waals surface area contributed by atoms with Crippen molar-refractivity contribution >= 4 is 45.3 Å². The zero-order valence-corrected chi connectivity index (χ0v) is 15.5. The zero-order chi connectivity index (χ0) is 19.7. The van der Waals surface area contributed by atoms with Gasteiger partial charge in [0.1, 0.15) is 6.04 Å². The van der Waals surface area contributed by atoms with Crippen molar-refractivity contribution in [3.05, 3.63) is 42.5 Å². The second-order valence-corrected chi connectivity index (χ2v) is 6.81. The van der Waals surface area contributed by atoms with E-state index in [0.717, 1.165) is 28.4 Å². The number of nitrogens with zero attached hydrogens (tertiary/aromatic N) is 1. The summed E-state index contributed by atoms with van der Waals surface area (Å²) in [4.78, 5) is 35.2. The second kappa shape index (κ2) is 7.34. The van der Waals surface area contributed by atoms with Crippen molar-refractivity contribution in [1.82, 2.24) is 9.88 Å². The molecule has 1 fully saturated rings. The van der Waals surface area contributed by atoms with E-state index in [1.54, 1.807) is 0 Å². The molecule has 0 radical (unpaired) electrons. The number of carbonyl (C=O) groups is 3. The minimum Gasteiger partial charge on any atom is -0.454 e. The second-order valence-electron chi connectivity index (χ2n) is 6.81. The van der Waals surface area contributed by atoms with Gasteiger partial charge in [0.15, 0.2) is 6.61 Å². The first-order chi connectivity index (χ1) is 13.6. The summed E-state index contributed by atoms with van der Waals surface area (Å²) in [6.45, 7) is 2.56. The van der Waals surface area contributed by atoms with Crippen molar-refractivity contribution in [2.24, 2.45) is 0 Å². The highest BCUT2D eigenvalue weighted by atomic mass is 16.5. The van der Waals surface area contributed by atoms with E-state index in [0.29, 0.717) is 18.5 Å². The fourth-order valence-corrected chi connectivity index (χ4v) is 3.70. The summed E-state index contributed by atoms with van der Waals surface area (Å²) in [5.41, 5.74) is 2.89. The van der Waals surface area contributed by atoms with Gasteiger partial charge in [0.2, 0.25) is 5.91 Å².